The summed E-state index contributed by atoms with van der Waals surface area (Å²) in [5.41, 5.74) is 2.57. The van der Waals surface area contributed by atoms with Crippen molar-refractivity contribution in [2.24, 2.45) is 17.3 Å². The van der Waals surface area contributed by atoms with Gasteiger partial charge in [-0.05, 0) is 68.1 Å². The van der Waals surface area contributed by atoms with Crippen LogP contribution < -0.4 is 0 Å². The van der Waals surface area contributed by atoms with E-state index in [2.05, 4.69) is 19.9 Å². The van der Waals surface area contributed by atoms with Gasteiger partial charge in [-0.3, -0.25) is 9.59 Å². The van der Waals surface area contributed by atoms with Gasteiger partial charge in [0.05, 0.1) is 0 Å². The van der Waals surface area contributed by atoms with Gasteiger partial charge in [0.15, 0.2) is 11.6 Å². The van der Waals surface area contributed by atoms with E-state index in [1.54, 1.807) is 19.1 Å². The zero-order valence-electron chi connectivity index (χ0n) is 14.8. The lowest BCUT2D eigenvalue weighted by molar-refractivity contribution is -0.120. The molecule has 0 aromatic rings. The Morgan fingerprint density at radius 3 is 2.48 bits per heavy atom. The molecule has 0 unspecified atom stereocenters. The molecule has 0 bridgehead atoms. The molecule has 3 nitrogen and oxygen atoms in total. The lowest BCUT2D eigenvalue weighted by Gasteiger charge is -2.10. The highest BCUT2D eigenvalue weighted by Crippen LogP contribution is 2.61. The standard InChI is InChI=1S/C20H28O3/c1-12-6-8-15-16(20(15,4)5)11-14(3)17(21)9-7-13(2)19(23)18(22)10-12/h7,10-11,15-16,19,23H,6,8-9H2,1-5H3/b12-10+,13-7+,14-11+/t15-,16+,19-/m1/s1. The highest BCUT2D eigenvalue weighted by molar-refractivity contribution is 5.97. The Morgan fingerprint density at radius 1 is 1.17 bits per heavy atom. The summed E-state index contributed by atoms with van der Waals surface area (Å²) in [6.45, 7) is 10.0. The Kier molecular flexibility index (Phi) is 5.10. The third-order valence-electron chi connectivity index (χ3n) is 5.56. The smallest absolute Gasteiger partial charge is 0.188 e. The maximum absolute atomic E-state index is 12.3. The van der Waals surface area contributed by atoms with Crippen molar-refractivity contribution in [3.63, 3.8) is 0 Å². The number of aliphatic hydroxyl groups excluding tert-OH is 1. The molecule has 23 heavy (non-hydrogen) atoms. The number of Topliss-reactive ketones (excluding diaryl/α,β-unsaturated/α-hetero) is 1. The first-order valence-electron chi connectivity index (χ1n) is 8.42. The van der Waals surface area contributed by atoms with Gasteiger partial charge in [0.25, 0.3) is 0 Å². The summed E-state index contributed by atoms with van der Waals surface area (Å²) in [5.74, 6) is 0.760. The van der Waals surface area contributed by atoms with Crippen molar-refractivity contribution in [2.45, 2.75) is 60.0 Å². The molecule has 1 fully saturated rings. The molecule has 0 saturated heterocycles. The molecule has 0 spiro atoms. The molecule has 2 rings (SSSR count). The fourth-order valence-corrected chi connectivity index (χ4v) is 3.56. The minimum Gasteiger partial charge on any atom is -0.381 e. The highest BCUT2D eigenvalue weighted by Gasteiger charge is 2.55. The normalized spacial score (nSPS) is 39.0. The Hall–Kier alpha value is -1.48. The van der Waals surface area contributed by atoms with Gasteiger partial charge >= 0.3 is 0 Å². The van der Waals surface area contributed by atoms with E-state index in [4.69, 9.17) is 0 Å². The van der Waals surface area contributed by atoms with E-state index in [0.29, 0.717) is 17.4 Å². The van der Waals surface area contributed by atoms with Crippen molar-refractivity contribution in [3.8, 4) is 0 Å². The first kappa shape index (κ1) is 17.9. The number of rotatable bonds is 0. The topological polar surface area (TPSA) is 54.4 Å². The van der Waals surface area contributed by atoms with Crippen LogP contribution in [0.1, 0.15) is 53.9 Å². The van der Waals surface area contributed by atoms with E-state index < -0.39 is 6.10 Å². The number of fused-ring (bicyclic) bond motifs is 1. The van der Waals surface area contributed by atoms with Gasteiger partial charge < -0.3 is 5.11 Å². The van der Waals surface area contributed by atoms with E-state index in [1.807, 2.05) is 13.8 Å². The third kappa shape index (κ3) is 3.89. The summed E-state index contributed by atoms with van der Waals surface area (Å²) >= 11 is 0. The van der Waals surface area contributed by atoms with Crippen LogP contribution in [0, 0.1) is 17.3 Å². The molecule has 3 atom stereocenters. The van der Waals surface area contributed by atoms with Crippen LogP contribution >= 0.6 is 0 Å². The zero-order valence-corrected chi connectivity index (χ0v) is 14.8. The monoisotopic (exact) mass is 316 g/mol. The fraction of sp³-hybridized carbons (Fsp3) is 0.600. The zero-order chi connectivity index (χ0) is 17.4. The molecule has 0 amide bonds. The van der Waals surface area contributed by atoms with Gasteiger partial charge in [-0.15, -0.1) is 0 Å². The van der Waals surface area contributed by atoms with Crippen LogP contribution in [0.5, 0.6) is 0 Å². The first-order valence-corrected chi connectivity index (χ1v) is 8.42. The largest absolute Gasteiger partial charge is 0.381 e. The predicted molar refractivity (Wildman–Crippen MR) is 91.9 cm³/mol. The highest BCUT2D eigenvalue weighted by atomic mass is 16.3. The van der Waals surface area contributed by atoms with E-state index in [-0.39, 0.29) is 23.4 Å². The Labute approximate surface area is 139 Å². The van der Waals surface area contributed by atoms with Gasteiger partial charge in [0, 0.05) is 6.42 Å². The van der Waals surface area contributed by atoms with Crippen LogP contribution in [0.3, 0.4) is 0 Å². The van der Waals surface area contributed by atoms with E-state index in [1.165, 1.54) is 0 Å². The minimum atomic E-state index is -1.14. The van der Waals surface area contributed by atoms with Gasteiger partial charge in [0.1, 0.15) is 6.10 Å². The molecule has 0 radical (unpaired) electrons. The lowest BCUT2D eigenvalue weighted by atomic mass is 9.99. The Balaban J connectivity index is 2.30. The molecule has 2 aliphatic rings. The molecule has 126 valence electrons. The number of carbonyl (C=O) groups is 2. The fourth-order valence-electron chi connectivity index (χ4n) is 3.56. The van der Waals surface area contributed by atoms with Crippen molar-refractivity contribution in [2.75, 3.05) is 0 Å². The molecule has 0 aromatic carbocycles. The van der Waals surface area contributed by atoms with E-state index in [0.717, 1.165) is 24.0 Å². The van der Waals surface area contributed by atoms with Crippen molar-refractivity contribution in [1.82, 2.24) is 0 Å². The molecule has 0 aliphatic heterocycles. The maximum atomic E-state index is 12.3. The summed E-state index contributed by atoms with van der Waals surface area (Å²) < 4.78 is 0. The molecular weight excluding hydrogens is 288 g/mol. The summed E-state index contributed by atoms with van der Waals surface area (Å²) in [6.07, 6.45) is 6.31. The van der Waals surface area contributed by atoms with Gasteiger partial charge in [-0.2, -0.15) is 0 Å². The van der Waals surface area contributed by atoms with Gasteiger partial charge in [-0.25, -0.2) is 0 Å². The number of allylic oxidation sites excluding steroid dienone is 4. The molecule has 0 heterocycles. The molecule has 2 aliphatic carbocycles. The molecular formula is C20H28O3. The Bertz CT molecular complexity index is 604. The molecule has 0 aromatic heterocycles. The van der Waals surface area contributed by atoms with E-state index in [9.17, 15) is 14.7 Å². The number of carbonyl (C=O) groups excluding carboxylic acids is 2. The second-order valence-electron chi connectivity index (χ2n) is 7.71. The number of hydrogen-bond donors (Lipinski definition) is 1. The SMILES string of the molecule is C/C1=C\C(=O)[C@H](O)/C(C)=C/CC(=O)/C(C)=C/[C@H]2[C@@H](CC1)C2(C)C. The van der Waals surface area contributed by atoms with Crippen LogP contribution in [0.25, 0.3) is 0 Å². The Morgan fingerprint density at radius 2 is 1.83 bits per heavy atom. The molecule has 1 saturated carbocycles. The predicted octanol–water partition coefficient (Wildman–Crippen LogP) is 3.78. The van der Waals surface area contributed by atoms with Crippen LogP contribution in [-0.2, 0) is 9.59 Å². The number of hydrogen-bond acceptors (Lipinski definition) is 3. The van der Waals surface area contributed by atoms with Crippen LogP contribution in [0.15, 0.2) is 34.9 Å². The maximum Gasteiger partial charge on any atom is 0.188 e. The van der Waals surface area contributed by atoms with Crippen LogP contribution in [-0.4, -0.2) is 22.8 Å². The number of aliphatic hydroxyl groups is 1. The van der Waals surface area contributed by atoms with Gasteiger partial charge in [0.2, 0.25) is 0 Å². The lowest BCUT2D eigenvalue weighted by Crippen LogP contribution is -2.20. The summed E-state index contributed by atoms with van der Waals surface area (Å²) in [4.78, 5) is 24.4. The summed E-state index contributed by atoms with van der Waals surface area (Å²) in [7, 11) is 0. The molecule has 3 heteroatoms. The van der Waals surface area contributed by atoms with Crippen molar-refractivity contribution in [3.05, 3.63) is 34.9 Å². The second-order valence-corrected chi connectivity index (χ2v) is 7.71. The van der Waals surface area contributed by atoms with Gasteiger partial charge in [-0.1, -0.05) is 31.6 Å². The van der Waals surface area contributed by atoms with Crippen molar-refractivity contribution in [1.29, 1.82) is 0 Å². The quantitative estimate of drug-likeness (QED) is 0.692. The van der Waals surface area contributed by atoms with Crippen molar-refractivity contribution >= 4 is 11.6 Å². The van der Waals surface area contributed by atoms with Crippen LogP contribution in [0.2, 0.25) is 0 Å². The first-order chi connectivity index (χ1) is 10.6. The van der Waals surface area contributed by atoms with E-state index >= 15 is 0 Å². The average Bonchev–Trinajstić information content (AvgIpc) is 3.00. The van der Waals surface area contributed by atoms with Crippen molar-refractivity contribution < 1.29 is 14.7 Å². The molecule has 1 N–H and O–H groups in total. The minimum absolute atomic E-state index is 0.0641. The second kappa shape index (κ2) is 6.56. The third-order valence-corrected chi connectivity index (χ3v) is 5.56. The van der Waals surface area contributed by atoms with Crippen LogP contribution in [0.4, 0.5) is 0 Å². The average molecular weight is 316 g/mol. The summed E-state index contributed by atoms with van der Waals surface area (Å²) in [6, 6.07) is 0. The number of ketones is 2. The summed E-state index contributed by atoms with van der Waals surface area (Å²) in [5, 5.41) is 10.1.